The van der Waals surface area contributed by atoms with Gasteiger partial charge in [0.15, 0.2) is 0 Å². The Morgan fingerprint density at radius 1 is 1.18 bits per heavy atom. The maximum Gasteiger partial charge on any atom is 0.237 e. The van der Waals surface area contributed by atoms with E-state index in [1.807, 2.05) is 23.1 Å². The van der Waals surface area contributed by atoms with Crippen LogP contribution in [0.3, 0.4) is 0 Å². The number of benzene rings is 2. The molecule has 0 spiro atoms. The van der Waals surface area contributed by atoms with Crippen molar-refractivity contribution in [2.75, 3.05) is 20.2 Å². The standard InChI is InChI=1S/C23H27FN2O2/c1-28-20-8-4-7-17(14-20)22-10-5-13-25(22)16-23(27)26(19-11-12-19)15-18-6-2-3-9-21(18)24/h2-4,6-9,14,19,22H,5,10-13,15-16H2,1H3. The van der Waals surface area contributed by atoms with Crippen molar-refractivity contribution >= 4 is 5.91 Å². The smallest absolute Gasteiger partial charge is 0.237 e. The molecule has 1 aliphatic heterocycles. The Morgan fingerprint density at radius 3 is 2.75 bits per heavy atom. The first-order valence-electron chi connectivity index (χ1n) is 10.1. The summed E-state index contributed by atoms with van der Waals surface area (Å²) in [6, 6.07) is 15.3. The van der Waals surface area contributed by atoms with E-state index in [1.54, 1.807) is 19.2 Å². The Morgan fingerprint density at radius 2 is 2.00 bits per heavy atom. The maximum absolute atomic E-state index is 14.1. The first-order chi connectivity index (χ1) is 13.7. The van der Waals surface area contributed by atoms with Gasteiger partial charge < -0.3 is 9.64 Å². The number of nitrogens with zero attached hydrogens (tertiary/aromatic N) is 2. The fourth-order valence-electron chi connectivity index (χ4n) is 4.12. The van der Waals surface area contributed by atoms with Crippen LogP contribution in [0.2, 0.25) is 0 Å². The third-order valence-electron chi connectivity index (χ3n) is 5.79. The number of likely N-dealkylation sites (tertiary alicyclic amines) is 1. The van der Waals surface area contributed by atoms with Crippen molar-refractivity contribution in [2.45, 2.75) is 44.3 Å². The Bertz CT molecular complexity index is 837. The highest BCUT2D eigenvalue weighted by molar-refractivity contribution is 5.79. The molecule has 1 atom stereocenters. The van der Waals surface area contributed by atoms with Crippen LogP contribution in [0, 0.1) is 5.82 Å². The van der Waals surface area contributed by atoms with Crippen molar-refractivity contribution in [3.05, 3.63) is 65.5 Å². The number of amides is 1. The van der Waals surface area contributed by atoms with Gasteiger partial charge in [-0.25, -0.2) is 4.39 Å². The number of ether oxygens (including phenoxy) is 1. The van der Waals surface area contributed by atoms with Gasteiger partial charge in [0.05, 0.1) is 13.7 Å². The number of methoxy groups -OCH3 is 1. The lowest BCUT2D eigenvalue weighted by Crippen LogP contribution is -2.41. The largest absolute Gasteiger partial charge is 0.497 e. The van der Waals surface area contributed by atoms with Crippen molar-refractivity contribution in [3.8, 4) is 5.75 Å². The molecular formula is C23H27FN2O2. The predicted octanol–water partition coefficient (Wildman–Crippen LogP) is 4.16. The second kappa shape index (κ2) is 8.31. The Labute approximate surface area is 165 Å². The fourth-order valence-corrected chi connectivity index (χ4v) is 4.12. The summed E-state index contributed by atoms with van der Waals surface area (Å²) in [7, 11) is 1.67. The normalized spacial score (nSPS) is 19.6. The van der Waals surface area contributed by atoms with E-state index in [0.717, 1.165) is 38.0 Å². The zero-order valence-electron chi connectivity index (χ0n) is 16.3. The van der Waals surface area contributed by atoms with Gasteiger partial charge in [-0.3, -0.25) is 9.69 Å². The van der Waals surface area contributed by atoms with Crippen LogP contribution in [0.5, 0.6) is 5.75 Å². The molecule has 4 rings (SSSR count). The highest BCUT2D eigenvalue weighted by Gasteiger charge is 2.35. The van der Waals surface area contributed by atoms with Crippen LogP contribution in [0.15, 0.2) is 48.5 Å². The third kappa shape index (κ3) is 4.20. The van der Waals surface area contributed by atoms with Crippen molar-refractivity contribution in [3.63, 3.8) is 0 Å². The summed E-state index contributed by atoms with van der Waals surface area (Å²) < 4.78 is 19.5. The molecule has 2 aromatic rings. The summed E-state index contributed by atoms with van der Waals surface area (Å²) in [4.78, 5) is 17.3. The van der Waals surface area contributed by atoms with Crippen LogP contribution in [-0.4, -0.2) is 41.9 Å². The molecule has 2 aromatic carbocycles. The van der Waals surface area contributed by atoms with Gasteiger partial charge in [-0.05, 0) is 56.0 Å². The highest BCUT2D eigenvalue weighted by atomic mass is 19.1. The molecule has 1 heterocycles. The molecule has 2 aliphatic rings. The molecule has 0 radical (unpaired) electrons. The Kier molecular flexibility index (Phi) is 5.62. The van der Waals surface area contributed by atoms with Crippen LogP contribution in [0.25, 0.3) is 0 Å². The number of rotatable bonds is 7. The fraction of sp³-hybridized carbons (Fsp3) is 0.435. The molecule has 0 N–H and O–H groups in total. The SMILES string of the molecule is COc1cccc(C2CCCN2CC(=O)N(Cc2ccccc2F)C2CC2)c1. The molecule has 1 aliphatic carbocycles. The monoisotopic (exact) mass is 382 g/mol. The number of carbonyl (C=O) groups is 1. The number of hydrogen-bond acceptors (Lipinski definition) is 3. The summed E-state index contributed by atoms with van der Waals surface area (Å²) in [5, 5.41) is 0. The molecule has 28 heavy (non-hydrogen) atoms. The summed E-state index contributed by atoms with van der Waals surface area (Å²) in [6.45, 7) is 1.65. The molecule has 2 fully saturated rings. The summed E-state index contributed by atoms with van der Waals surface area (Å²) >= 11 is 0. The van der Waals surface area contributed by atoms with Gasteiger partial charge >= 0.3 is 0 Å². The molecule has 1 amide bonds. The third-order valence-corrected chi connectivity index (χ3v) is 5.79. The van der Waals surface area contributed by atoms with E-state index in [-0.39, 0.29) is 23.8 Å². The molecule has 0 bridgehead atoms. The van der Waals surface area contributed by atoms with Crippen LogP contribution in [0.4, 0.5) is 4.39 Å². The van der Waals surface area contributed by atoms with Gasteiger partial charge in [-0.2, -0.15) is 0 Å². The highest BCUT2D eigenvalue weighted by Crippen LogP contribution is 2.34. The zero-order valence-corrected chi connectivity index (χ0v) is 16.3. The molecule has 1 saturated carbocycles. The Balaban J connectivity index is 1.46. The van der Waals surface area contributed by atoms with E-state index in [0.29, 0.717) is 18.7 Å². The molecule has 4 nitrogen and oxygen atoms in total. The lowest BCUT2D eigenvalue weighted by molar-refractivity contribution is -0.134. The van der Waals surface area contributed by atoms with Gasteiger partial charge in [-0.1, -0.05) is 30.3 Å². The van der Waals surface area contributed by atoms with Gasteiger partial charge in [0.25, 0.3) is 0 Å². The summed E-state index contributed by atoms with van der Waals surface area (Å²) in [5.74, 6) is 0.701. The van der Waals surface area contributed by atoms with Crippen LogP contribution < -0.4 is 4.74 Å². The average molecular weight is 382 g/mol. The van der Waals surface area contributed by atoms with E-state index in [1.165, 1.54) is 11.6 Å². The zero-order chi connectivity index (χ0) is 19.5. The minimum absolute atomic E-state index is 0.0977. The van der Waals surface area contributed by atoms with Crippen LogP contribution in [0.1, 0.15) is 42.9 Å². The molecule has 1 saturated heterocycles. The van der Waals surface area contributed by atoms with E-state index in [9.17, 15) is 9.18 Å². The molecule has 148 valence electrons. The summed E-state index contributed by atoms with van der Waals surface area (Å²) in [5.41, 5.74) is 1.78. The van der Waals surface area contributed by atoms with Gasteiger partial charge in [0.2, 0.25) is 5.91 Å². The lowest BCUT2D eigenvalue weighted by atomic mass is 10.0. The quantitative estimate of drug-likeness (QED) is 0.721. The predicted molar refractivity (Wildman–Crippen MR) is 107 cm³/mol. The number of hydrogen-bond donors (Lipinski definition) is 0. The topological polar surface area (TPSA) is 32.8 Å². The van der Waals surface area contributed by atoms with E-state index >= 15 is 0 Å². The van der Waals surface area contributed by atoms with Crippen molar-refractivity contribution in [2.24, 2.45) is 0 Å². The molecular weight excluding hydrogens is 355 g/mol. The van der Waals surface area contributed by atoms with E-state index in [2.05, 4.69) is 17.0 Å². The van der Waals surface area contributed by atoms with Gasteiger partial charge in [0.1, 0.15) is 11.6 Å². The number of halogens is 1. The van der Waals surface area contributed by atoms with Crippen LogP contribution >= 0.6 is 0 Å². The second-order valence-corrected chi connectivity index (χ2v) is 7.75. The van der Waals surface area contributed by atoms with Crippen molar-refractivity contribution < 1.29 is 13.9 Å². The first-order valence-corrected chi connectivity index (χ1v) is 10.1. The molecule has 1 unspecified atom stereocenters. The number of carbonyl (C=O) groups excluding carboxylic acids is 1. The second-order valence-electron chi connectivity index (χ2n) is 7.75. The van der Waals surface area contributed by atoms with Crippen molar-refractivity contribution in [1.82, 2.24) is 9.80 Å². The average Bonchev–Trinajstić information content (AvgIpc) is 3.45. The maximum atomic E-state index is 14.1. The Hall–Kier alpha value is -2.40. The van der Waals surface area contributed by atoms with Crippen LogP contribution in [-0.2, 0) is 11.3 Å². The lowest BCUT2D eigenvalue weighted by Gasteiger charge is -2.29. The minimum atomic E-state index is -0.239. The van der Waals surface area contributed by atoms with E-state index in [4.69, 9.17) is 4.74 Å². The molecule has 5 heteroatoms. The van der Waals surface area contributed by atoms with Crippen molar-refractivity contribution in [1.29, 1.82) is 0 Å². The van der Waals surface area contributed by atoms with Gasteiger partial charge in [-0.15, -0.1) is 0 Å². The minimum Gasteiger partial charge on any atom is -0.497 e. The van der Waals surface area contributed by atoms with E-state index < -0.39 is 0 Å². The van der Waals surface area contributed by atoms with Gasteiger partial charge in [0, 0.05) is 24.2 Å². The molecule has 0 aromatic heterocycles. The summed E-state index contributed by atoms with van der Waals surface area (Å²) in [6.07, 6.45) is 4.14. The first kappa shape index (κ1) is 18.9.